The third-order valence-electron chi connectivity index (χ3n) is 3.57. The lowest BCUT2D eigenvalue weighted by Gasteiger charge is -2.22. The van der Waals surface area contributed by atoms with Gasteiger partial charge in [0.05, 0.1) is 6.10 Å². The van der Waals surface area contributed by atoms with Crippen molar-refractivity contribution in [2.75, 3.05) is 19.8 Å². The Hall–Kier alpha value is -0.340. The van der Waals surface area contributed by atoms with E-state index in [1.54, 1.807) is 0 Å². The number of allylic oxidation sites excluding steroid dienone is 1. The van der Waals surface area contributed by atoms with E-state index in [0.717, 1.165) is 32.7 Å². The van der Waals surface area contributed by atoms with E-state index in [0.29, 0.717) is 6.10 Å². The second kappa shape index (κ2) is 11.7. The fraction of sp³-hybridized carbons (Fsp3) is 0.875. The van der Waals surface area contributed by atoms with Crippen molar-refractivity contribution in [1.29, 1.82) is 0 Å². The largest absolute Gasteiger partial charge is 0.381 e. The molecular formula is C16H30O2. The molecule has 106 valence electrons. The van der Waals surface area contributed by atoms with Crippen molar-refractivity contribution in [3.05, 3.63) is 12.7 Å². The van der Waals surface area contributed by atoms with Crippen molar-refractivity contribution in [2.45, 2.75) is 70.3 Å². The molecule has 1 rings (SSSR count). The summed E-state index contributed by atoms with van der Waals surface area (Å²) in [6.45, 7) is 6.46. The maximum Gasteiger partial charge on any atom is 0.0619 e. The van der Waals surface area contributed by atoms with Gasteiger partial charge < -0.3 is 9.47 Å². The van der Waals surface area contributed by atoms with Crippen LogP contribution in [0.15, 0.2) is 12.7 Å². The Kier molecular flexibility index (Phi) is 10.2. The molecule has 0 amide bonds. The first-order valence-corrected chi connectivity index (χ1v) is 7.73. The van der Waals surface area contributed by atoms with Crippen molar-refractivity contribution in [2.24, 2.45) is 0 Å². The van der Waals surface area contributed by atoms with E-state index in [9.17, 15) is 0 Å². The molecule has 0 spiro atoms. The minimum atomic E-state index is 0.470. The predicted octanol–water partition coefficient (Wildman–Crippen LogP) is 4.49. The number of ether oxygens (including phenoxy) is 2. The Balaban J connectivity index is 1.74. The van der Waals surface area contributed by atoms with Crippen LogP contribution < -0.4 is 0 Å². The quantitative estimate of drug-likeness (QED) is 0.399. The average molecular weight is 254 g/mol. The van der Waals surface area contributed by atoms with Gasteiger partial charge in [0.15, 0.2) is 0 Å². The average Bonchev–Trinajstić information content (AvgIpc) is 2.42. The predicted molar refractivity (Wildman–Crippen MR) is 76.9 cm³/mol. The fourth-order valence-corrected chi connectivity index (χ4v) is 2.37. The van der Waals surface area contributed by atoms with Gasteiger partial charge in [-0.1, -0.05) is 38.2 Å². The number of hydrogen-bond donors (Lipinski definition) is 0. The topological polar surface area (TPSA) is 18.5 Å². The maximum absolute atomic E-state index is 5.85. The summed E-state index contributed by atoms with van der Waals surface area (Å²) in [7, 11) is 0. The molecule has 0 unspecified atom stereocenters. The van der Waals surface area contributed by atoms with Crippen molar-refractivity contribution < 1.29 is 9.47 Å². The van der Waals surface area contributed by atoms with Gasteiger partial charge in [0, 0.05) is 19.8 Å². The smallest absolute Gasteiger partial charge is 0.0619 e. The van der Waals surface area contributed by atoms with Crippen molar-refractivity contribution >= 4 is 0 Å². The first kappa shape index (κ1) is 15.7. The molecule has 0 radical (unpaired) electrons. The summed E-state index contributed by atoms with van der Waals surface area (Å²) >= 11 is 0. The van der Waals surface area contributed by atoms with E-state index in [-0.39, 0.29) is 0 Å². The third-order valence-corrected chi connectivity index (χ3v) is 3.57. The lowest BCUT2D eigenvalue weighted by Crippen LogP contribution is -2.23. The SMILES string of the molecule is C=CCCCCCCCCCOC1CCOCC1. The third kappa shape index (κ3) is 8.71. The highest BCUT2D eigenvalue weighted by Crippen LogP contribution is 2.12. The molecule has 0 bridgehead atoms. The lowest BCUT2D eigenvalue weighted by atomic mass is 10.1. The molecule has 0 aromatic rings. The van der Waals surface area contributed by atoms with Crippen molar-refractivity contribution in [1.82, 2.24) is 0 Å². The van der Waals surface area contributed by atoms with Crippen LogP contribution in [0.3, 0.4) is 0 Å². The summed E-state index contributed by atoms with van der Waals surface area (Å²) in [5.74, 6) is 0. The Bertz CT molecular complexity index is 186. The highest BCUT2D eigenvalue weighted by atomic mass is 16.5. The van der Waals surface area contributed by atoms with Gasteiger partial charge in [-0.2, -0.15) is 0 Å². The Labute approximate surface area is 113 Å². The van der Waals surface area contributed by atoms with Gasteiger partial charge in [0.2, 0.25) is 0 Å². The van der Waals surface area contributed by atoms with Gasteiger partial charge in [0.25, 0.3) is 0 Å². The second-order valence-corrected chi connectivity index (χ2v) is 5.23. The Morgan fingerprint density at radius 2 is 1.56 bits per heavy atom. The molecule has 18 heavy (non-hydrogen) atoms. The molecule has 0 aromatic heterocycles. The van der Waals surface area contributed by atoms with Gasteiger partial charge >= 0.3 is 0 Å². The minimum absolute atomic E-state index is 0.470. The van der Waals surface area contributed by atoms with Crippen molar-refractivity contribution in [3.63, 3.8) is 0 Å². The zero-order valence-electron chi connectivity index (χ0n) is 11.9. The van der Waals surface area contributed by atoms with Crippen LogP contribution in [0.5, 0.6) is 0 Å². The summed E-state index contributed by atoms with van der Waals surface area (Å²) in [6.07, 6.45) is 15.2. The number of unbranched alkanes of at least 4 members (excludes halogenated alkanes) is 7. The minimum Gasteiger partial charge on any atom is -0.381 e. The second-order valence-electron chi connectivity index (χ2n) is 5.23. The summed E-state index contributed by atoms with van der Waals surface area (Å²) in [4.78, 5) is 0. The highest BCUT2D eigenvalue weighted by Gasteiger charge is 2.13. The number of rotatable bonds is 11. The van der Waals surface area contributed by atoms with Gasteiger partial charge in [-0.25, -0.2) is 0 Å². The highest BCUT2D eigenvalue weighted by molar-refractivity contribution is 4.65. The van der Waals surface area contributed by atoms with E-state index >= 15 is 0 Å². The van der Waals surface area contributed by atoms with E-state index in [2.05, 4.69) is 6.58 Å². The van der Waals surface area contributed by atoms with Crippen LogP contribution in [0.4, 0.5) is 0 Å². The summed E-state index contributed by atoms with van der Waals surface area (Å²) < 4.78 is 11.2. The monoisotopic (exact) mass is 254 g/mol. The van der Waals surface area contributed by atoms with Crippen LogP contribution >= 0.6 is 0 Å². The summed E-state index contributed by atoms with van der Waals surface area (Å²) in [6, 6.07) is 0. The van der Waals surface area contributed by atoms with Crippen LogP contribution in [0.2, 0.25) is 0 Å². The van der Waals surface area contributed by atoms with E-state index in [1.165, 1.54) is 51.4 Å². The molecule has 0 aliphatic carbocycles. The standard InChI is InChI=1S/C16H30O2/c1-2-3-4-5-6-7-8-9-10-13-18-16-11-14-17-15-12-16/h2,16H,1,3-15H2. The molecule has 0 saturated carbocycles. The summed E-state index contributed by atoms with van der Waals surface area (Å²) in [5.41, 5.74) is 0. The Morgan fingerprint density at radius 1 is 0.944 bits per heavy atom. The molecule has 2 heteroatoms. The molecule has 0 N–H and O–H groups in total. The Morgan fingerprint density at radius 3 is 2.22 bits per heavy atom. The molecular weight excluding hydrogens is 224 g/mol. The van der Waals surface area contributed by atoms with Crippen LogP contribution in [0.25, 0.3) is 0 Å². The van der Waals surface area contributed by atoms with E-state index in [4.69, 9.17) is 9.47 Å². The van der Waals surface area contributed by atoms with Crippen molar-refractivity contribution in [3.8, 4) is 0 Å². The number of hydrogen-bond acceptors (Lipinski definition) is 2. The lowest BCUT2D eigenvalue weighted by molar-refractivity contribution is -0.0327. The molecule has 1 saturated heterocycles. The van der Waals surface area contributed by atoms with Crippen LogP contribution in [-0.4, -0.2) is 25.9 Å². The first-order chi connectivity index (χ1) is 8.93. The molecule has 1 aliphatic heterocycles. The molecule has 1 heterocycles. The summed E-state index contributed by atoms with van der Waals surface area (Å²) in [5, 5.41) is 0. The molecule has 2 nitrogen and oxygen atoms in total. The molecule has 1 fully saturated rings. The van der Waals surface area contributed by atoms with Gasteiger partial charge in [-0.15, -0.1) is 6.58 Å². The fourth-order valence-electron chi connectivity index (χ4n) is 2.37. The van der Waals surface area contributed by atoms with Gasteiger partial charge in [-0.05, 0) is 32.1 Å². The normalized spacial score (nSPS) is 16.9. The van der Waals surface area contributed by atoms with Gasteiger partial charge in [-0.3, -0.25) is 0 Å². The van der Waals surface area contributed by atoms with Gasteiger partial charge in [0.1, 0.15) is 0 Å². The zero-order valence-corrected chi connectivity index (χ0v) is 11.9. The first-order valence-electron chi connectivity index (χ1n) is 7.73. The van der Waals surface area contributed by atoms with Crippen LogP contribution in [0.1, 0.15) is 64.2 Å². The molecule has 1 aliphatic rings. The van der Waals surface area contributed by atoms with E-state index in [1.807, 2.05) is 6.08 Å². The molecule has 0 aromatic carbocycles. The molecule has 0 atom stereocenters. The van der Waals surface area contributed by atoms with Crippen LogP contribution in [-0.2, 0) is 9.47 Å². The zero-order chi connectivity index (χ0) is 12.9. The maximum atomic E-state index is 5.85. The van der Waals surface area contributed by atoms with Crippen LogP contribution in [0, 0.1) is 0 Å². The van der Waals surface area contributed by atoms with E-state index < -0.39 is 0 Å².